The van der Waals surface area contributed by atoms with Crippen LogP contribution in [0, 0.1) is 6.92 Å². The molecule has 5 heteroatoms. The van der Waals surface area contributed by atoms with E-state index in [2.05, 4.69) is 41.3 Å². The van der Waals surface area contributed by atoms with Gasteiger partial charge in [-0.1, -0.05) is 59.8 Å². The number of rotatable bonds is 8. The fourth-order valence-corrected chi connectivity index (χ4v) is 3.66. The number of hydrogen-bond donors (Lipinski definition) is 0. The van der Waals surface area contributed by atoms with Crippen LogP contribution in [-0.4, -0.2) is 34.5 Å². The summed E-state index contributed by atoms with van der Waals surface area (Å²) >= 11 is 0. The monoisotopic (exact) mass is 389 g/mol. The molecule has 5 nitrogen and oxygen atoms in total. The first-order valence-corrected chi connectivity index (χ1v) is 10.3. The molecular formula is C24H27N3O2. The maximum Gasteiger partial charge on any atom is 0.229 e. The van der Waals surface area contributed by atoms with Crippen LogP contribution in [0.3, 0.4) is 0 Å². The molecule has 0 spiro atoms. The van der Waals surface area contributed by atoms with Crippen molar-refractivity contribution in [2.24, 2.45) is 0 Å². The van der Waals surface area contributed by atoms with Crippen molar-refractivity contribution in [3.8, 4) is 0 Å². The molecule has 1 aliphatic carbocycles. The molecule has 1 saturated carbocycles. The molecule has 150 valence electrons. The molecule has 1 unspecified atom stereocenters. The fraction of sp³-hybridized carbons (Fsp3) is 0.375. The Balaban J connectivity index is 1.43. The van der Waals surface area contributed by atoms with Gasteiger partial charge in [0.25, 0.3) is 0 Å². The van der Waals surface area contributed by atoms with Crippen molar-refractivity contribution >= 4 is 5.91 Å². The number of amides is 1. The van der Waals surface area contributed by atoms with Crippen LogP contribution in [0.1, 0.15) is 59.5 Å². The maximum absolute atomic E-state index is 13.0. The molecule has 2 aromatic carbocycles. The van der Waals surface area contributed by atoms with Gasteiger partial charge >= 0.3 is 0 Å². The standard InChI is InChI=1S/C24H27N3O2/c1-17-8-6-7-11-20(17)21(18-9-4-3-5-10-18)16-23(28)27(2)15-14-22-25-24(29-26-22)19-12-13-19/h3-11,19,21H,12-16H2,1-2H3. The lowest BCUT2D eigenvalue weighted by Gasteiger charge is -2.23. The van der Waals surface area contributed by atoms with Crippen molar-refractivity contribution in [2.75, 3.05) is 13.6 Å². The van der Waals surface area contributed by atoms with E-state index in [9.17, 15) is 4.79 Å². The Morgan fingerprint density at radius 1 is 1.14 bits per heavy atom. The van der Waals surface area contributed by atoms with Gasteiger partial charge in [0.15, 0.2) is 5.82 Å². The number of benzene rings is 2. The first-order valence-electron chi connectivity index (χ1n) is 10.3. The Kier molecular flexibility index (Phi) is 5.74. The third-order valence-corrected chi connectivity index (χ3v) is 5.65. The van der Waals surface area contributed by atoms with Crippen LogP contribution in [0.25, 0.3) is 0 Å². The molecule has 0 saturated heterocycles. The van der Waals surface area contributed by atoms with Gasteiger partial charge in [-0.25, -0.2) is 0 Å². The van der Waals surface area contributed by atoms with E-state index in [1.165, 1.54) is 11.1 Å². The van der Waals surface area contributed by atoms with E-state index < -0.39 is 0 Å². The highest BCUT2D eigenvalue weighted by Gasteiger charge is 2.29. The number of hydrogen-bond acceptors (Lipinski definition) is 4. The second-order valence-corrected chi connectivity index (χ2v) is 7.91. The summed E-state index contributed by atoms with van der Waals surface area (Å²) in [6, 6.07) is 18.6. The van der Waals surface area contributed by atoms with Crippen molar-refractivity contribution in [1.29, 1.82) is 0 Å². The Bertz CT molecular complexity index is 963. The van der Waals surface area contributed by atoms with Crippen LogP contribution in [-0.2, 0) is 11.2 Å². The van der Waals surface area contributed by atoms with Gasteiger partial charge in [-0.3, -0.25) is 4.79 Å². The number of likely N-dealkylation sites (N-methyl/N-ethyl adjacent to an activating group) is 1. The summed E-state index contributed by atoms with van der Waals surface area (Å²) in [7, 11) is 1.85. The van der Waals surface area contributed by atoms with Crippen molar-refractivity contribution in [3.63, 3.8) is 0 Å². The minimum atomic E-state index is 0.0407. The quantitative estimate of drug-likeness (QED) is 0.570. The third kappa shape index (κ3) is 4.73. The van der Waals surface area contributed by atoms with Gasteiger partial charge in [0.1, 0.15) is 0 Å². The van der Waals surface area contributed by atoms with Gasteiger partial charge in [-0.2, -0.15) is 4.98 Å². The predicted octanol–water partition coefficient (Wildman–Crippen LogP) is 4.48. The largest absolute Gasteiger partial charge is 0.345 e. The Labute approximate surface area is 171 Å². The smallest absolute Gasteiger partial charge is 0.229 e. The highest BCUT2D eigenvalue weighted by atomic mass is 16.5. The van der Waals surface area contributed by atoms with Crippen LogP contribution in [0.15, 0.2) is 59.1 Å². The molecule has 0 N–H and O–H groups in total. The van der Waals surface area contributed by atoms with Gasteiger partial charge in [0, 0.05) is 38.3 Å². The lowest BCUT2D eigenvalue weighted by molar-refractivity contribution is -0.130. The highest BCUT2D eigenvalue weighted by Crippen LogP contribution is 2.38. The zero-order valence-corrected chi connectivity index (χ0v) is 17.0. The number of carbonyl (C=O) groups is 1. The normalized spacial score (nSPS) is 14.6. The molecule has 1 fully saturated rings. The molecule has 4 rings (SSSR count). The van der Waals surface area contributed by atoms with Crippen LogP contribution in [0.2, 0.25) is 0 Å². The molecule has 3 aromatic rings. The van der Waals surface area contributed by atoms with E-state index in [0.29, 0.717) is 31.1 Å². The second kappa shape index (κ2) is 8.60. The number of aryl methyl sites for hydroxylation is 1. The third-order valence-electron chi connectivity index (χ3n) is 5.65. The zero-order chi connectivity index (χ0) is 20.2. The summed E-state index contributed by atoms with van der Waals surface area (Å²) in [6.07, 6.45) is 3.32. The Morgan fingerprint density at radius 2 is 1.86 bits per heavy atom. The van der Waals surface area contributed by atoms with Gasteiger partial charge in [-0.15, -0.1) is 0 Å². The van der Waals surface area contributed by atoms with Crippen molar-refractivity contribution < 1.29 is 9.32 Å². The molecular weight excluding hydrogens is 362 g/mol. The first-order chi connectivity index (χ1) is 14.1. The summed E-state index contributed by atoms with van der Waals surface area (Å²) in [5.41, 5.74) is 3.57. The van der Waals surface area contributed by atoms with Gasteiger partial charge < -0.3 is 9.42 Å². The lowest BCUT2D eigenvalue weighted by Crippen LogP contribution is -2.30. The highest BCUT2D eigenvalue weighted by molar-refractivity contribution is 5.77. The van der Waals surface area contributed by atoms with Crippen molar-refractivity contribution in [2.45, 2.75) is 44.4 Å². The van der Waals surface area contributed by atoms with E-state index in [0.717, 1.165) is 24.3 Å². The lowest BCUT2D eigenvalue weighted by atomic mass is 9.85. The molecule has 1 aliphatic rings. The molecule has 0 radical (unpaired) electrons. The summed E-state index contributed by atoms with van der Waals surface area (Å²) in [6.45, 7) is 2.69. The zero-order valence-electron chi connectivity index (χ0n) is 17.0. The summed E-state index contributed by atoms with van der Waals surface area (Å²) in [5, 5.41) is 4.05. The van der Waals surface area contributed by atoms with Crippen LogP contribution < -0.4 is 0 Å². The Morgan fingerprint density at radius 3 is 2.59 bits per heavy atom. The molecule has 29 heavy (non-hydrogen) atoms. The molecule has 0 aliphatic heterocycles. The fourth-order valence-electron chi connectivity index (χ4n) is 3.66. The molecule has 0 bridgehead atoms. The number of carbonyl (C=O) groups excluding carboxylic acids is 1. The Hall–Kier alpha value is -2.95. The van der Waals surface area contributed by atoms with Crippen molar-refractivity contribution in [3.05, 3.63) is 83.0 Å². The van der Waals surface area contributed by atoms with E-state index >= 15 is 0 Å². The maximum atomic E-state index is 13.0. The average molecular weight is 389 g/mol. The molecule has 1 aromatic heterocycles. The summed E-state index contributed by atoms with van der Waals surface area (Å²) in [4.78, 5) is 19.3. The van der Waals surface area contributed by atoms with Crippen molar-refractivity contribution in [1.82, 2.24) is 15.0 Å². The van der Waals surface area contributed by atoms with Crippen LogP contribution in [0.5, 0.6) is 0 Å². The first kappa shape index (κ1) is 19.4. The predicted molar refractivity (Wildman–Crippen MR) is 112 cm³/mol. The van der Waals surface area contributed by atoms with Crippen LogP contribution >= 0.6 is 0 Å². The number of nitrogens with zero attached hydrogens (tertiary/aromatic N) is 3. The van der Waals surface area contributed by atoms with Crippen LogP contribution in [0.4, 0.5) is 0 Å². The van der Waals surface area contributed by atoms with Gasteiger partial charge in [0.2, 0.25) is 11.8 Å². The topological polar surface area (TPSA) is 59.2 Å². The van der Waals surface area contributed by atoms with Gasteiger partial charge in [0.05, 0.1) is 0 Å². The van der Waals surface area contributed by atoms with E-state index in [4.69, 9.17) is 4.52 Å². The van der Waals surface area contributed by atoms with E-state index in [-0.39, 0.29) is 11.8 Å². The molecule has 1 amide bonds. The average Bonchev–Trinajstić information content (AvgIpc) is 3.49. The SMILES string of the molecule is Cc1ccccc1C(CC(=O)N(C)CCc1noc(C2CC2)n1)c1ccccc1. The van der Waals surface area contributed by atoms with Gasteiger partial charge in [-0.05, 0) is 36.5 Å². The number of aromatic nitrogens is 2. The summed E-state index contributed by atoms with van der Waals surface area (Å²) < 4.78 is 5.31. The van der Waals surface area contributed by atoms with E-state index in [1.54, 1.807) is 4.90 Å². The minimum absolute atomic E-state index is 0.0407. The van der Waals surface area contributed by atoms with E-state index in [1.807, 2.05) is 37.4 Å². The molecule has 1 heterocycles. The minimum Gasteiger partial charge on any atom is -0.345 e. The second-order valence-electron chi connectivity index (χ2n) is 7.91. The summed E-state index contributed by atoms with van der Waals surface area (Å²) in [5.74, 6) is 2.05. The molecule has 1 atom stereocenters.